The maximum atomic E-state index is 12.3. The highest BCUT2D eigenvalue weighted by molar-refractivity contribution is 8.00. The molecule has 0 aromatic heterocycles. The van der Waals surface area contributed by atoms with E-state index < -0.39 is 0 Å². The Bertz CT molecular complexity index is 588. The molecule has 3 rings (SSSR count). The molecule has 0 bridgehead atoms. The van der Waals surface area contributed by atoms with E-state index in [4.69, 9.17) is 0 Å². The number of ketones is 1. The van der Waals surface area contributed by atoms with Crippen molar-refractivity contribution in [1.29, 1.82) is 0 Å². The van der Waals surface area contributed by atoms with Gasteiger partial charge in [-0.05, 0) is 22.8 Å². The molecule has 1 heterocycles. The van der Waals surface area contributed by atoms with Gasteiger partial charge >= 0.3 is 0 Å². The molecule has 1 unspecified atom stereocenters. The van der Waals surface area contributed by atoms with Crippen LogP contribution >= 0.6 is 11.8 Å². The number of hydrogen-bond donors (Lipinski definition) is 0. The number of hydrogen-bond acceptors (Lipinski definition) is 2. The van der Waals surface area contributed by atoms with Crippen molar-refractivity contribution in [2.24, 2.45) is 0 Å². The van der Waals surface area contributed by atoms with Crippen LogP contribution in [-0.4, -0.2) is 11.0 Å². The fraction of sp³-hybridized carbons (Fsp3) is 0.267. The van der Waals surface area contributed by atoms with Crippen molar-refractivity contribution in [3.8, 4) is 0 Å². The van der Waals surface area contributed by atoms with E-state index >= 15 is 0 Å². The number of thioether (sulfide) groups is 1. The summed E-state index contributed by atoms with van der Waals surface area (Å²) in [6, 6.07) is 12.4. The van der Waals surface area contributed by atoms with Crippen molar-refractivity contribution in [1.82, 2.24) is 0 Å². The molecule has 2 heteroatoms. The van der Waals surface area contributed by atoms with Crippen LogP contribution in [0.3, 0.4) is 0 Å². The summed E-state index contributed by atoms with van der Waals surface area (Å²) < 4.78 is 0. The van der Waals surface area contributed by atoms with Gasteiger partial charge in [0.1, 0.15) is 0 Å². The molecule has 0 N–H and O–H groups in total. The fourth-order valence-electron chi connectivity index (χ4n) is 2.46. The zero-order valence-corrected chi connectivity index (χ0v) is 10.6. The highest BCUT2D eigenvalue weighted by Crippen LogP contribution is 2.35. The summed E-state index contributed by atoms with van der Waals surface area (Å²) in [5, 5.41) is 2.62. The number of Topliss-reactive ketones (excluding diaryl/α,β-unsaturated/α-hetero) is 1. The Kier molecular flexibility index (Phi) is 2.67. The van der Waals surface area contributed by atoms with Gasteiger partial charge in [0.25, 0.3) is 0 Å². The van der Waals surface area contributed by atoms with Crippen molar-refractivity contribution in [2.75, 3.05) is 0 Å². The summed E-state index contributed by atoms with van der Waals surface area (Å²) in [6.07, 6.45) is 0.926. The number of rotatable bonds is 1. The molecule has 2 aromatic carbocycles. The highest BCUT2D eigenvalue weighted by Gasteiger charge is 2.27. The van der Waals surface area contributed by atoms with Crippen molar-refractivity contribution in [2.45, 2.75) is 24.3 Å². The second-order valence-corrected chi connectivity index (χ2v) is 5.58. The van der Waals surface area contributed by atoms with Crippen molar-refractivity contribution in [3.05, 3.63) is 47.5 Å². The van der Waals surface area contributed by atoms with Crippen LogP contribution in [0.5, 0.6) is 0 Å². The quantitative estimate of drug-likeness (QED) is 0.750. The molecule has 1 nitrogen and oxygen atoms in total. The molecule has 17 heavy (non-hydrogen) atoms. The summed E-state index contributed by atoms with van der Waals surface area (Å²) in [5.41, 5.74) is 2.16. The Labute approximate surface area is 105 Å². The Hall–Kier alpha value is -1.28. The van der Waals surface area contributed by atoms with E-state index in [9.17, 15) is 4.79 Å². The largest absolute Gasteiger partial charge is 0.293 e. The maximum Gasteiger partial charge on any atom is 0.176 e. The van der Waals surface area contributed by atoms with Gasteiger partial charge in [0.05, 0.1) is 5.25 Å². The van der Waals surface area contributed by atoms with E-state index in [1.54, 1.807) is 11.8 Å². The molecular formula is C15H14OS. The van der Waals surface area contributed by atoms with Crippen LogP contribution in [0, 0.1) is 0 Å². The molecule has 1 atom stereocenters. The molecule has 0 amide bonds. The molecule has 1 aliphatic heterocycles. The summed E-state index contributed by atoms with van der Waals surface area (Å²) in [4.78, 5) is 12.3. The molecule has 0 fully saturated rings. The predicted molar refractivity (Wildman–Crippen MR) is 73.7 cm³/mol. The second kappa shape index (κ2) is 4.19. The minimum atomic E-state index is 0.156. The number of carbonyl (C=O) groups excluding carboxylic acids is 1. The van der Waals surface area contributed by atoms with Gasteiger partial charge < -0.3 is 0 Å². The van der Waals surface area contributed by atoms with E-state index in [-0.39, 0.29) is 5.25 Å². The predicted octanol–water partition coefficient (Wildman–Crippen LogP) is 4.05. The van der Waals surface area contributed by atoms with Gasteiger partial charge in [0, 0.05) is 11.3 Å². The molecule has 1 aliphatic rings. The average molecular weight is 242 g/mol. The Morgan fingerprint density at radius 2 is 2.06 bits per heavy atom. The van der Waals surface area contributed by atoms with Crippen LogP contribution < -0.4 is 0 Å². The first-order valence-corrected chi connectivity index (χ1v) is 7.02. The average Bonchev–Trinajstić information content (AvgIpc) is 2.39. The summed E-state index contributed by atoms with van der Waals surface area (Å²) in [5.74, 6) is 1.27. The monoisotopic (exact) mass is 242 g/mol. The summed E-state index contributed by atoms with van der Waals surface area (Å²) >= 11 is 1.78. The molecule has 0 aliphatic carbocycles. The molecular weight excluding hydrogens is 228 g/mol. The number of carbonyl (C=O) groups is 1. The first-order chi connectivity index (χ1) is 8.31. The lowest BCUT2D eigenvalue weighted by Crippen LogP contribution is -2.22. The second-order valence-electron chi connectivity index (χ2n) is 4.38. The van der Waals surface area contributed by atoms with Gasteiger partial charge in [-0.25, -0.2) is 0 Å². The van der Waals surface area contributed by atoms with Crippen molar-refractivity contribution >= 4 is 28.3 Å². The minimum Gasteiger partial charge on any atom is -0.293 e. The van der Waals surface area contributed by atoms with Crippen LogP contribution in [-0.2, 0) is 5.75 Å². The topological polar surface area (TPSA) is 17.1 Å². The Morgan fingerprint density at radius 1 is 1.24 bits per heavy atom. The van der Waals surface area contributed by atoms with E-state index in [1.807, 2.05) is 18.2 Å². The normalized spacial score (nSPS) is 19.4. The third-order valence-electron chi connectivity index (χ3n) is 3.40. The highest BCUT2D eigenvalue weighted by atomic mass is 32.2. The van der Waals surface area contributed by atoms with Crippen molar-refractivity contribution < 1.29 is 4.79 Å². The van der Waals surface area contributed by atoms with E-state index in [2.05, 4.69) is 25.1 Å². The summed E-state index contributed by atoms with van der Waals surface area (Å²) in [6.45, 7) is 2.08. The van der Waals surface area contributed by atoms with Crippen molar-refractivity contribution in [3.63, 3.8) is 0 Å². The van der Waals surface area contributed by atoms with Crippen LogP contribution in [0.1, 0.15) is 29.3 Å². The van der Waals surface area contributed by atoms with Gasteiger partial charge in [0.15, 0.2) is 5.78 Å². The fourth-order valence-corrected chi connectivity index (χ4v) is 3.65. The third kappa shape index (κ3) is 1.67. The lowest BCUT2D eigenvalue weighted by atomic mass is 9.95. The lowest BCUT2D eigenvalue weighted by molar-refractivity contribution is 0.0986. The van der Waals surface area contributed by atoms with Crippen LogP contribution in [0.2, 0.25) is 0 Å². The van der Waals surface area contributed by atoms with Gasteiger partial charge in [-0.1, -0.05) is 43.3 Å². The smallest absolute Gasteiger partial charge is 0.176 e. The lowest BCUT2D eigenvalue weighted by Gasteiger charge is -2.23. The maximum absolute atomic E-state index is 12.3. The molecule has 0 radical (unpaired) electrons. The molecule has 0 saturated carbocycles. The first kappa shape index (κ1) is 10.8. The zero-order valence-electron chi connectivity index (χ0n) is 9.77. The zero-order chi connectivity index (χ0) is 11.8. The van der Waals surface area contributed by atoms with Gasteiger partial charge in [0.2, 0.25) is 0 Å². The minimum absolute atomic E-state index is 0.156. The number of benzene rings is 2. The van der Waals surface area contributed by atoms with Crippen LogP contribution in [0.25, 0.3) is 10.8 Å². The standard InChI is InChI=1S/C15H14OS/c1-2-14-15(16)12-8-7-10-5-3-4-6-11(10)13(12)9-17-14/h3-8,14H,2,9H2,1H3. The first-order valence-electron chi connectivity index (χ1n) is 5.97. The van der Waals surface area contributed by atoms with Gasteiger partial charge in [-0.15, -0.1) is 11.8 Å². The SMILES string of the molecule is CCC1SCc2c(ccc3ccccc23)C1=O. The molecule has 0 spiro atoms. The summed E-state index contributed by atoms with van der Waals surface area (Å²) in [7, 11) is 0. The van der Waals surface area contributed by atoms with Gasteiger partial charge in [-0.2, -0.15) is 0 Å². The Balaban J connectivity index is 2.22. The van der Waals surface area contributed by atoms with E-state index in [1.165, 1.54) is 16.3 Å². The van der Waals surface area contributed by atoms with E-state index in [0.717, 1.165) is 17.7 Å². The van der Waals surface area contributed by atoms with E-state index in [0.29, 0.717) is 5.78 Å². The molecule has 86 valence electrons. The van der Waals surface area contributed by atoms with Crippen LogP contribution in [0.15, 0.2) is 36.4 Å². The molecule has 2 aromatic rings. The third-order valence-corrected chi connectivity index (χ3v) is 4.80. The van der Waals surface area contributed by atoms with Gasteiger partial charge in [-0.3, -0.25) is 4.79 Å². The number of fused-ring (bicyclic) bond motifs is 3. The Morgan fingerprint density at radius 3 is 2.88 bits per heavy atom. The molecule has 0 saturated heterocycles. The van der Waals surface area contributed by atoms with Crippen LogP contribution in [0.4, 0.5) is 0 Å².